The first kappa shape index (κ1) is 16.5. The minimum absolute atomic E-state index is 0.220. The van der Waals surface area contributed by atoms with E-state index in [4.69, 9.17) is 0 Å². The summed E-state index contributed by atoms with van der Waals surface area (Å²) in [5.74, 6) is 0.318. The van der Waals surface area contributed by atoms with Crippen molar-refractivity contribution in [3.05, 3.63) is 35.9 Å². The minimum Gasteiger partial charge on any atom is -0.340 e. The fraction of sp³-hybridized carbons (Fsp3) is 0.632. The van der Waals surface area contributed by atoms with E-state index in [1.165, 1.54) is 18.4 Å². The smallest absolute Gasteiger partial charge is 0.223 e. The third-order valence-corrected chi connectivity index (χ3v) is 5.36. The molecular formula is C19H29N3O. The van der Waals surface area contributed by atoms with Gasteiger partial charge in [-0.15, -0.1) is 0 Å². The van der Waals surface area contributed by atoms with Crippen molar-refractivity contribution < 1.29 is 4.79 Å². The fourth-order valence-corrected chi connectivity index (χ4v) is 3.94. The molecule has 1 amide bonds. The summed E-state index contributed by atoms with van der Waals surface area (Å²) in [7, 11) is 0. The van der Waals surface area contributed by atoms with Crippen LogP contribution in [-0.2, 0) is 10.2 Å². The van der Waals surface area contributed by atoms with Crippen LogP contribution >= 0.6 is 0 Å². The maximum absolute atomic E-state index is 12.3. The van der Waals surface area contributed by atoms with Crippen LogP contribution in [0.1, 0.15) is 31.7 Å². The predicted molar refractivity (Wildman–Crippen MR) is 93.5 cm³/mol. The molecule has 2 fully saturated rings. The first-order chi connectivity index (χ1) is 11.2. The number of rotatable bonds is 4. The molecule has 2 aliphatic heterocycles. The summed E-state index contributed by atoms with van der Waals surface area (Å²) < 4.78 is 0. The van der Waals surface area contributed by atoms with Gasteiger partial charge in [-0.3, -0.25) is 4.79 Å². The standard InChI is InChI=1S/C19H29N3O/c1-19(17-6-3-2-4-7-17)9-5-12-21(16-19)13-8-18(23)22-14-10-20-11-15-22/h2-4,6-7,20H,5,8-16H2,1H3. The second-order valence-electron chi connectivity index (χ2n) is 7.19. The second-order valence-corrected chi connectivity index (χ2v) is 7.19. The van der Waals surface area contributed by atoms with Crippen molar-refractivity contribution in [1.82, 2.24) is 15.1 Å². The van der Waals surface area contributed by atoms with Gasteiger partial charge in [-0.2, -0.15) is 0 Å². The van der Waals surface area contributed by atoms with E-state index in [-0.39, 0.29) is 5.41 Å². The number of piperazine rings is 1. The number of likely N-dealkylation sites (tertiary alicyclic amines) is 1. The zero-order chi connectivity index (χ0) is 16.1. The summed E-state index contributed by atoms with van der Waals surface area (Å²) in [4.78, 5) is 16.8. The molecule has 0 saturated carbocycles. The minimum atomic E-state index is 0.220. The van der Waals surface area contributed by atoms with Crippen molar-refractivity contribution in [3.63, 3.8) is 0 Å². The highest BCUT2D eigenvalue weighted by Crippen LogP contribution is 2.33. The average molecular weight is 315 g/mol. The molecule has 0 aliphatic carbocycles. The second kappa shape index (κ2) is 7.45. The maximum atomic E-state index is 12.3. The van der Waals surface area contributed by atoms with E-state index in [1.807, 2.05) is 4.90 Å². The number of hydrogen-bond donors (Lipinski definition) is 1. The first-order valence-corrected chi connectivity index (χ1v) is 8.94. The Hall–Kier alpha value is -1.39. The van der Waals surface area contributed by atoms with Crippen LogP contribution in [0.25, 0.3) is 0 Å². The van der Waals surface area contributed by atoms with Crippen molar-refractivity contribution in [2.75, 3.05) is 45.8 Å². The molecule has 1 aromatic rings. The molecule has 1 atom stereocenters. The van der Waals surface area contributed by atoms with E-state index in [0.29, 0.717) is 12.3 Å². The Morgan fingerprint density at radius 3 is 2.65 bits per heavy atom. The molecule has 126 valence electrons. The van der Waals surface area contributed by atoms with Gasteiger partial charge in [-0.05, 0) is 24.9 Å². The molecule has 3 rings (SSSR count). The van der Waals surface area contributed by atoms with Gasteiger partial charge < -0.3 is 15.1 Å². The van der Waals surface area contributed by atoms with Crippen LogP contribution in [0, 0.1) is 0 Å². The highest BCUT2D eigenvalue weighted by molar-refractivity contribution is 5.76. The Morgan fingerprint density at radius 1 is 1.17 bits per heavy atom. The largest absolute Gasteiger partial charge is 0.340 e. The lowest BCUT2D eigenvalue weighted by Crippen LogP contribution is -2.48. The molecule has 0 radical (unpaired) electrons. The lowest BCUT2D eigenvalue weighted by Gasteiger charge is -2.41. The van der Waals surface area contributed by atoms with Gasteiger partial charge in [-0.1, -0.05) is 37.3 Å². The van der Waals surface area contributed by atoms with Gasteiger partial charge >= 0.3 is 0 Å². The van der Waals surface area contributed by atoms with Crippen LogP contribution in [0.2, 0.25) is 0 Å². The zero-order valence-electron chi connectivity index (χ0n) is 14.3. The van der Waals surface area contributed by atoms with E-state index < -0.39 is 0 Å². The number of nitrogens with one attached hydrogen (secondary N) is 1. The number of piperidine rings is 1. The predicted octanol–water partition coefficient (Wildman–Crippen LogP) is 1.86. The normalized spacial score (nSPS) is 26.2. The first-order valence-electron chi connectivity index (χ1n) is 8.94. The lowest BCUT2D eigenvalue weighted by atomic mass is 9.76. The lowest BCUT2D eigenvalue weighted by molar-refractivity contribution is -0.132. The molecule has 0 spiro atoms. The third kappa shape index (κ3) is 4.12. The van der Waals surface area contributed by atoms with Crippen LogP contribution in [0.4, 0.5) is 0 Å². The SMILES string of the molecule is CC1(c2ccccc2)CCCN(CCC(=O)N2CCNCC2)C1. The Labute approximate surface area is 139 Å². The number of hydrogen-bond acceptors (Lipinski definition) is 3. The molecule has 23 heavy (non-hydrogen) atoms. The Bertz CT molecular complexity index is 513. The molecule has 0 bridgehead atoms. The summed E-state index contributed by atoms with van der Waals surface area (Å²) in [6.07, 6.45) is 3.11. The highest BCUT2D eigenvalue weighted by atomic mass is 16.2. The van der Waals surface area contributed by atoms with E-state index >= 15 is 0 Å². The topological polar surface area (TPSA) is 35.6 Å². The molecule has 1 N–H and O–H groups in total. The Balaban J connectivity index is 1.53. The van der Waals surface area contributed by atoms with Crippen LogP contribution in [0.5, 0.6) is 0 Å². The molecule has 2 heterocycles. The van der Waals surface area contributed by atoms with Crippen LogP contribution < -0.4 is 5.32 Å². The van der Waals surface area contributed by atoms with Crippen molar-refractivity contribution in [2.24, 2.45) is 0 Å². The van der Waals surface area contributed by atoms with Crippen molar-refractivity contribution in [1.29, 1.82) is 0 Å². The molecule has 2 aliphatic rings. The van der Waals surface area contributed by atoms with Crippen LogP contribution in [0.3, 0.4) is 0 Å². The van der Waals surface area contributed by atoms with E-state index in [2.05, 4.69) is 47.5 Å². The molecular weight excluding hydrogens is 286 g/mol. The molecule has 1 aromatic carbocycles. The Morgan fingerprint density at radius 2 is 1.91 bits per heavy atom. The van der Waals surface area contributed by atoms with Crippen molar-refractivity contribution in [2.45, 2.75) is 31.6 Å². The van der Waals surface area contributed by atoms with Gasteiger partial charge in [0, 0.05) is 51.1 Å². The van der Waals surface area contributed by atoms with Gasteiger partial charge in [0.1, 0.15) is 0 Å². The van der Waals surface area contributed by atoms with Gasteiger partial charge in [0.2, 0.25) is 5.91 Å². The summed E-state index contributed by atoms with van der Waals surface area (Å²) >= 11 is 0. The molecule has 4 nitrogen and oxygen atoms in total. The fourth-order valence-electron chi connectivity index (χ4n) is 3.94. The van der Waals surface area contributed by atoms with E-state index in [9.17, 15) is 4.79 Å². The molecule has 2 saturated heterocycles. The quantitative estimate of drug-likeness (QED) is 0.921. The van der Waals surface area contributed by atoms with Crippen molar-refractivity contribution >= 4 is 5.91 Å². The van der Waals surface area contributed by atoms with E-state index in [1.54, 1.807) is 0 Å². The summed E-state index contributed by atoms with van der Waals surface area (Å²) in [6.45, 7) is 9.03. The number of benzene rings is 1. The van der Waals surface area contributed by atoms with Crippen LogP contribution in [-0.4, -0.2) is 61.5 Å². The van der Waals surface area contributed by atoms with Gasteiger partial charge in [-0.25, -0.2) is 0 Å². The number of carbonyl (C=O) groups is 1. The van der Waals surface area contributed by atoms with E-state index in [0.717, 1.165) is 45.8 Å². The van der Waals surface area contributed by atoms with Crippen LogP contribution in [0.15, 0.2) is 30.3 Å². The number of carbonyl (C=O) groups excluding carboxylic acids is 1. The molecule has 1 unspecified atom stereocenters. The zero-order valence-corrected chi connectivity index (χ0v) is 14.3. The Kier molecular flexibility index (Phi) is 5.34. The van der Waals surface area contributed by atoms with Crippen molar-refractivity contribution in [3.8, 4) is 0 Å². The summed E-state index contributed by atoms with van der Waals surface area (Å²) in [5.41, 5.74) is 1.65. The maximum Gasteiger partial charge on any atom is 0.223 e. The monoisotopic (exact) mass is 315 g/mol. The van der Waals surface area contributed by atoms with Gasteiger partial charge in [0.15, 0.2) is 0 Å². The number of amides is 1. The molecule has 4 heteroatoms. The third-order valence-electron chi connectivity index (χ3n) is 5.36. The highest BCUT2D eigenvalue weighted by Gasteiger charge is 2.32. The summed E-state index contributed by atoms with van der Waals surface area (Å²) in [5, 5.41) is 3.30. The van der Waals surface area contributed by atoms with Gasteiger partial charge in [0.25, 0.3) is 0 Å². The summed E-state index contributed by atoms with van der Waals surface area (Å²) in [6, 6.07) is 10.8. The number of nitrogens with zero attached hydrogens (tertiary/aromatic N) is 2. The van der Waals surface area contributed by atoms with Gasteiger partial charge in [0.05, 0.1) is 0 Å². The average Bonchev–Trinajstić information content (AvgIpc) is 2.61. The molecule has 0 aromatic heterocycles.